The summed E-state index contributed by atoms with van der Waals surface area (Å²) in [6, 6.07) is 14.0. The maximum atomic E-state index is 17.3. The highest BCUT2D eigenvalue weighted by Crippen LogP contribution is 2.52. The van der Waals surface area contributed by atoms with Crippen LogP contribution in [0.15, 0.2) is 144 Å². The molecule has 3 atom stereocenters. The number of amides is 3. The Morgan fingerprint density at radius 2 is 0.774 bits per heavy atom. The summed E-state index contributed by atoms with van der Waals surface area (Å²) in [7, 11) is 1.62. The first-order valence-electron chi connectivity index (χ1n) is 43.4. The van der Waals surface area contributed by atoms with Crippen LogP contribution in [0, 0.1) is 73.1 Å². The molecule has 0 spiro atoms. The lowest BCUT2D eigenvalue weighted by Gasteiger charge is -2.44. The monoisotopic (exact) mass is 1830 g/mol. The number of aromatic hydroxyl groups is 3. The first-order chi connectivity index (χ1) is 63.5. The Kier molecular flexibility index (Phi) is 25.0. The molecule has 3 saturated heterocycles. The number of pyridine rings is 3. The highest BCUT2D eigenvalue weighted by atomic mass is 19.2. The number of fused-ring (bicyclic) bond motifs is 6. The number of phenolic OH excluding ortho intramolecular Hbond substituents is 3. The van der Waals surface area contributed by atoms with Crippen LogP contribution in [0.2, 0.25) is 0 Å². The Balaban J connectivity index is 0.000000145. The van der Waals surface area contributed by atoms with Gasteiger partial charge in [-0.15, -0.1) is 0 Å². The van der Waals surface area contributed by atoms with E-state index in [1.165, 1.54) is 36.4 Å². The third kappa shape index (κ3) is 15.7. The van der Waals surface area contributed by atoms with Gasteiger partial charge in [-0.3, -0.25) is 43.0 Å². The third-order valence-electron chi connectivity index (χ3n) is 25.4. The predicted octanol–water partition coefficient (Wildman–Crippen LogP) is 15.1. The van der Waals surface area contributed by atoms with E-state index >= 15 is 39.5 Å². The number of nitrogens with one attached hydrogen (secondary N) is 1. The Hall–Kier alpha value is -14.6. The number of nitrogens with zero attached hydrogens (tertiary/aromatic N) is 16. The van der Waals surface area contributed by atoms with Crippen LogP contribution in [0.25, 0.3) is 83.2 Å². The normalized spacial score (nSPS) is 16.4. The van der Waals surface area contributed by atoms with Gasteiger partial charge in [-0.05, 0) is 141 Å². The fourth-order valence-corrected chi connectivity index (χ4v) is 19.1. The average Bonchev–Trinajstić information content (AvgIpc) is 0.689. The molecule has 3 unspecified atom stereocenters. The van der Waals surface area contributed by atoms with Gasteiger partial charge in [0.1, 0.15) is 68.7 Å². The number of phenols is 3. The number of anilines is 5. The zero-order valence-electron chi connectivity index (χ0n) is 74.3. The molecule has 0 saturated carbocycles. The van der Waals surface area contributed by atoms with Gasteiger partial charge in [0.15, 0.2) is 40.7 Å². The molecule has 0 bridgehead atoms. The number of piperazine rings is 3. The van der Waals surface area contributed by atoms with E-state index in [0.29, 0.717) is 71.8 Å². The van der Waals surface area contributed by atoms with E-state index in [-0.39, 0.29) is 187 Å². The van der Waals surface area contributed by atoms with Crippen LogP contribution < -0.4 is 46.7 Å². The van der Waals surface area contributed by atoms with E-state index in [0.717, 1.165) is 50.1 Å². The van der Waals surface area contributed by atoms with Crippen molar-refractivity contribution in [2.24, 2.45) is 0 Å². The van der Waals surface area contributed by atoms with Crippen molar-refractivity contribution in [1.29, 1.82) is 0 Å². The Labute approximate surface area is 756 Å². The molecule has 133 heavy (non-hydrogen) atoms. The molecule has 6 aliphatic rings. The number of carbonyl (C=O) groups is 3. The van der Waals surface area contributed by atoms with E-state index in [9.17, 15) is 44.1 Å². The number of hydrogen-bond acceptors (Lipinski definition) is 21. The van der Waals surface area contributed by atoms with Crippen molar-refractivity contribution < 1.29 is 74.0 Å². The molecule has 3 amide bonds. The largest absolute Gasteiger partial charge is 0.507 e. The van der Waals surface area contributed by atoms with Crippen molar-refractivity contribution in [1.82, 2.24) is 58.3 Å². The first kappa shape index (κ1) is 91.7. The Morgan fingerprint density at radius 1 is 0.429 bits per heavy atom. The number of hydrogen-bond donors (Lipinski definition) is 4. The van der Waals surface area contributed by atoms with Crippen LogP contribution >= 0.6 is 0 Å². The third-order valence-corrected chi connectivity index (χ3v) is 25.4. The Bertz CT molecular complexity index is 6730. The minimum Gasteiger partial charge on any atom is -0.507 e. The summed E-state index contributed by atoms with van der Waals surface area (Å²) in [5.74, 6) is -14.0. The number of aryl methyl sites for hydroxylation is 3. The quantitative estimate of drug-likeness (QED) is 0.0652. The molecule has 4 N–H and O–H groups in total. The van der Waals surface area contributed by atoms with Gasteiger partial charge in [-0.25, -0.2) is 53.9 Å². The molecule has 36 heteroatoms. The van der Waals surface area contributed by atoms with Crippen LogP contribution in [0.3, 0.4) is 0 Å². The maximum Gasteiger partial charge on any atom is 0.354 e. The van der Waals surface area contributed by atoms with Crippen molar-refractivity contribution in [2.45, 2.75) is 117 Å². The summed E-state index contributed by atoms with van der Waals surface area (Å²) >= 11 is 0. The molecule has 12 heterocycles. The van der Waals surface area contributed by atoms with Crippen LogP contribution in [-0.2, 0) is 14.4 Å². The van der Waals surface area contributed by atoms with Crippen LogP contribution in [0.5, 0.6) is 23.0 Å². The molecule has 12 aromatic rings. The van der Waals surface area contributed by atoms with Crippen molar-refractivity contribution in [3.8, 4) is 73.4 Å². The lowest BCUT2D eigenvalue weighted by molar-refractivity contribution is -0.127. The van der Waals surface area contributed by atoms with Gasteiger partial charge >= 0.3 is 17.1 Å². The van der Waals surface area contributed by atoms with Crippen LogP contribution in [0.1, 0.15) is 112 Å². The lowest BCUT2D eigenvalue weighted by atomic mass is 9.95. The average molecular weight is 1830 g/mol. The predicted molar refractivity (Wildman–Crippen MR) is 488 cm³/mol. The number of aromatic nitrogens is 9. The first-order valence-corrected chi connectivity index (χ1v) is 43.4. The number of ether oxygens (including phenoxy) is 1. The topological polar surface area (TPSA) is 299 Å². The molecular formula is C97H94F9N17O10. The molecule has 0 aliphatic carbocycles. The zero-order valence-corrected chi connectivity index (χ0v) is 74.3. The van der Waals surface area contributed by atoms with E-state index in [2.05, 4.69) is 55.0 Å². The zero-order chi connectivity index (χ0) is 95.2. The molecule has 18 rings (SSSR count). The van der Waals surface area contributed by atoms with Gasteiger partial charge in [0, 0.05) is 116 Å². The van der Waals surface area contributed by atoms with Crippen molar-refractivity contribution in [2.75, 3.05) is 111 Å². The van der Waals surface area contributed by atoms with Gasteiger partial charge in [-0.2, -0.15) is 15.0 Å². The van der Waals surface area contributed by atoms with Gasteiger partial charge < -0.3 is 59.7 Å². The Morgan fingerprint density at radius 3 is 1.16 bits per heavy atom. The highest BCUT2D eigenvalue weighted by Gasteiger charge is 2.44. The molecule has 6 aromatic carbocycles. The van der Waals surface area contributed by atoms with Crippen molar-refractivity contribution in [3.63, 3.8) is 0 Å². The highest BCUT2D eigenvalue weighted by molar-refractivity contribution is 6.08. The van der Waals surface area contributed by atoms with E-state index in [1.807, 2.05) is 51.3 Å². The van der Waals surface area contributed by atoms with Gasteiger partial charge in [0.25, 0.3) is 0 Å². The van der Waals surface area contributed by atoms with E-state index < -0.39 is 131 Å². The fourth-order valence-electron chi connectivity index (χ4n) is 19.1. The number of halogens is 9. The summed E-state index contributed by atoms with van der Waals surface area (Å²) in [5.41, 5.74) is -4.30. The summed E-state index contributed by atoms with van der Waals surface area (Å²) in [5, 5.41) is 34.8. The van der Waals surface area contributed by atoms with Crippen molar-refractivity contribution >= 4 is 79.3 Å². The van der Waals surface area contributed by atoms with Gasteiger partial charge in [-0.1, -0.05) is 79.5 Å². The van der Waals surface area contributed by atoms with Crippen LogP contribution in [0.4, 0.5) is 68.3 Å². The second kappa shape index (κ2) is 36.3. The molecule has 3 fully saturated rings. The maximum absolute atomic E-state index is 17.3. The summed E-state index contributed by atoms with van der Waals surface area (Å²) in [4.78, 5) is 118. The minimum atomic E-state index is -1.28. The second-order valence-electron chi connectivity index (χ2n) is 34.4. The second-order valence-corrected chi connectivity index (χ2v) is 34.4. The smallest absolute Gasteiger partial charge is 0.354 e. The number of benzene rings is 6. The van der Waals surface area contributed by atoms with Crippen LogP contribution in [-0.4, -0.2) is 195 Å². The molecule has 0 radical (unpaired) electrons. The minimum absolute atomic E-state index is 0.00895. The summed E-state index contributed by atoms with van der Waals surface area (Å²) in [6.45, 7) is 30.0. The molecule has 27 nitrogen and oxygen atoms in total. The van der Waals surface area contributed by atoms with Gasteiger partial charge in [0.05, 0.1) is 108 Å². The standard InChI is InChI=1S/C33H33F3N6O3.C32H31F3N6O3.C32H30F3N5O4/c1-6-22(44)40-14-15-41-19(16-40)11-13-39(5)30-25-31(27(36)24(26(30)35)23-20(34)8-7-9-21(23)43)42(33(45)38-32(25)41)29-18(4)10-12-37-28(29)17(2)3;1-5-21(43)39-13-14-40-18(15-39)10-12-37-28-24-30(26(35)23(25(28)34)22-19(33)7-6-8-20(22)42)41(32(44)38-31(24)40)29-17(4)9-11-36-27(29)16(2)3;1-5-21(42)38-12-13-39-18(15-38)10-14-44-30-24-29(25(34)23(26(30)35)22-19(33)7-6-8-20(22)41)40(32(43)37-31(24)39)28-17(4)9-11-36-27(28)16(2)3/h6-10,12,17,19,43H,1,11,13-16H2,2-5H3;5-9,11,16,18,37,42H,1,10,12-15H2,2-4H3;5-9,11,16,18,41H,1,10,12-15H2,2-4H3. The summed E-state index contributed by atoms with van der Waals surface area (Å²) < 4.78 is 156. The van der Waals surface area contributed by atoms with E-state index in [1.54, 1.807) is 89.1 Å². The summed E-state index contributed by atoms with van der Waals surface area (Å²) in [6.07, 6.45) is 9.61. The lowest BCUT2D eigenvalue weighted by Crippen LogP contribution is -2.56. The van der Waals surface area contributed by atoms with Gasteiger partial charge in [0.2, 0.25) is 17.7 Å². The number of carbonyl (C=O) groups excluding carboxylic acids is 3. The SMILES string of the molecule is C=CC(=O)N1CCN2c3nc(=O)n(-c4c(C)ccnc4C(C)C)c4c(F)c(-c5c(O)cccc5F)c(F)c(c34)N(C)CCC2C1.C=CC(=O)N1CCN2c3nc(=O)n(-c4c(C)ccnc4C(C)C)c4c(F)c(-c5c(O)cccc5F)c(F)c(c34)NCCC2C1.C=CC(=O)N1CCN2c3nc(=O)n(-c4c(C)ccnc4C(C)C)c4c(F)c(-c5c(O)cccc5F)c(F)c(c34)OCCC2C1. The number of rotatable bonds is 12. The van der Waals surface area contributed by atoms with Crippen molar-refractivity contribution in [3.05, 3.63) is 247 Å². The fraction of sp³-hybridized carbons (Fsp3) is 0.320. The molecular weight excluding hydrogens is 1730 g/mol. The molecule has 6 aromatic heterocycles. The molecule has 6 aliphatic heterocycles. The van der Waals surface area contributed by atoms with E-state index in [4.69, 9.17) is 4.74 Å². The molecule has 690 valence electrons.